The second-order valence-electron chi connectivity index (χ2n) is 4.20. The van der Waals surface area contributed by atoms with Gasteiger partial charge in [0.05, 0.1) is 18.7 Å². The fourth-order valence-electron chi connectivity index (χ4n) is 1.80. The van der Waals surface area contributed by atoms with Gasteiger partial charge in [0.1, 0.15) is 17.2 Å². The van der Waals surface area contributed by atoms with Crippen LogP contribution in [0.25, 0.3) is 0 Å². The smallest absolute Gasteiger partial charge is 0.135 e. The van der Waals surface area contributed by atoms with Crippen LogP contribution in [-0.4, -0.2) is 19.3 Å². The topological polar surface area (TPSA) is 50.7 Å². The molecule has 0 aliphatic carbocycles. The van der Waals surface area contributed by atoms with Gasteiger partial charge in [-0.1, -0.05) is 0 Å². The van der Waals surface area contributed by atoms with Crippen molar-refractivity contribution in [2.75, 3.05) is 19.5 Å². The van der Waals surface area contributed by atoms with E-state index in [-0.39, 0.29) is 5.75 Å². The minimum Gasteiger partial charge on any atom is -0.508 e. The summed E-state index contributed by atoms with van der Waals surface area (Å²) in [5.74, 6) is 1.71. The van der Waals surface area contributed by atoms with Crippen LogP contribution in [0.15, 0.2) is 40.9 Å². The summed E-state index contributed by atoms with van der Waals surface area (Å²) in [4.78, 5) is 0. The number of hydrogen-bond acceptors (Lipinski definition) is 4. The van der Waals surface area contributed by atoms with E-state index < -0.39 is 0 Å². The number of phenols is 1. The van der Waals surface area contributed by atoms with Gasteiger partial charge in [-0.15, -0.1) is 0 Å². The third kappa shape index (κ3) is 3.36. The molecule has 2 rings (SSSR count). The van der Waals surface area contributed by atoms with Crippen LogP contribution in [0, 0.1) is 0 Å². The zero-order chi connectivity index (χ0) is 14.5. The number of ether oxygens (including phenoxy) is 2. The van der Waals surface area contributed by atoms with Gasteiger partial charge in [0.15, 0.2) is 0 Å². The van der Waals surface area contributed by atoms with Crippen molar-refractivity contribution in [3.63, 3.8) is 0 Å². The lowest BCUT2D eigenvalue weighted by Gasteiger charge is -2.11. The highest BCUT2D eigenvalue weighted by molar-refractivity contribution is 9.10. The maximum atomic E-state index is 9.83. The normalized spacial score (nSPS) is 10.2. The first-order valence-electron chi connectivity index (χ1n) is 6.07. The number of nitrogens with one attached hydrogen (secondary N) is 1. The average molecular weight is 338 g/mol. The molecule has 0 spiro atoms. The van der Waals surface area contributed by atoms with E-state index in [9.17, 15) is 5.11 Å². The van der Waals surface area contributed by atoms with Crippen LogP contribution in [0.1, 0.15) is 5.56 Å². The van der Waals surface area contributed by atoms with Gasteiger partial charge < -0.3 is 19.9 Å². The van der Waals surface area contributed by atoms with E-state index in [4.69, 9.17) is 9.47 Å². The Morgan fingerprint density at radius 1 is 1.10 bits per heavy atom. The van der Waals surface area contributed by atoms with Gasteiger partial charge in [0, 0.05) is 23.9 Å². The minimum atomic E-state index is 0.238. The zero-order valence-corrected chi connectivity index (χ0v) is 12.9. The molecule has 4 nitrogen and oxygen atoms in total. The molecule has 2 aromatic rings. The highest BCUT2D eigenvalue weighted by atomic mass is 79.9. The van der Waals surface area contributed by atoms with E-state index in [2.05, 4.69) is 21.2 Å². The molecule has 0 saturated carbocycles. The summed E-state index contributed by atoms with van der Waals surface area (Å²) in [7, 11) is 3.22. The van der Waals surface area contributed by atoms with Crippen LogP contribution in [0.5, 0.6) is 17.2 Å². The van der Waals surface area contributed by atoms with Crippen molar-refractivity contribution in [2.45, 2.75) is 6.54 Å². The molecular weight excluding hydrogens is 322 g/mol. The molecule has 0 saturated heterocycles. The number of anilines is 1. The Morgan fingerprint density at radius 3 is 2.60 bits per heavy atom. The number of halogens is 1. The molecule has 0 heterocycles. The molecule has 20 heavy (non-hydrogen) atoms. The summed E-state index contributed by atoms with van der Waals surface area (Å²) in [5.41, 5.74) is 1.68. The summed E-state index contributed by atoms with van der Waals surface area (Å²) >= 11 is 3.41. The number of hydrogen-bond donors (Lipinski definition) is 2. The van der Waals surface area contributed by atoms with Crippen LogP contribution < -0.4 is 14.8 Å². The van der Waals surface area contributed by atoms with Crippen molar-refractivity contribution in [1.29, 1.82) is 0 Å². The molecule has 0 unspecified atom stereocenters. The van der Waals surface area contributed by atoms with E-state index in [1.165, 1.54) is 0 Å². The van der Waals surface area contributed by atoms with E-state index in [1.807, 2.05) is 18.2 Å². The summed E-state index contributed by atoms with van der Waals surface area (Å²) in [6.45, 7) is 0.494. The lowest BCUT2D eigenvalue weighted by atomic mass is 10.2. The van der Waals surface area contributed by atoms with E-state index in [0.717, 1.165) is 21.5 Å². The molecule has 106 valence electrons. The molecule has 0 amide bonds. The average Bonchev–Trinajstić information content (AvgIpc) is 2.47. The van der Waals surface area contributed by atoms with Crippen LogP contribution in [0.2, 0.25) is 0 Å². The van der Waals surface area contributed by atoms with Crippen molar-refractivity contribution < 1.29 is 14.6 Å². The molecule has 2 N–H and O–H groups in total. The van der Waals surface area contributed by atoms with Crippen molar-refractivity contribution in [2.24, 2.45) is 0 Å². The number of phenolic OH excluding ortho intramolecular Hbond substituents is 1. The third-order valence-corrected chi connectivity index (χ3v) is 3.58. The Balaban J connectivity index is 2.12. The zero-order valence-electron chi connectivity index (χ0n) is 11.3. The number of benzene rings is 2. The monoisotopic (exact) mass is 337 g/mol. The Kier molecular flexibility index (Phi) is 4.74. The summed E-state index contributed by atoms with van der Waals surface area (Å²) in [5, 5.41) is 13.1. The maximum absolute atomic E-state index is 9.83. The highest BCUT2D eigenvalue weighted by Crippen LogP contribution is 2.29. The first kappa shape index (κ1) is 14.5. The van der Waals surface area contributed by atoms with E-state index in [1.54, 1.807) is 32.4 Å². The van der Waals surface area contributed by atoms with Crippen LogP contribution >= 0.6 is 15.9 Å². The Labute approximate surface area is 126 Å². The number of aromatic hydroxyl groups is 1. The Bertz CT molecular complexity index is 602. The van der Waals surface area contributed by atoms with Gasteiger partial charge in [0.2, 0.25) is 0 Å². The minimum absolute atomic E-state index is 0.238. The van der Waals surface area contributed by atoms with Crippen molar-refractivity contribution in [1.82, 2.24) is 0 Å². The molecule has 0 radical (unpaired) electrons. The lowest BCUT2D eigenvalue weighted by molar-refractivity contribution is 0.411. The first-order chi connectivity index (χ1) is 9.63. The second kappa shape index (κ2) is 6.52. The van der Waals surface area contributed by atoms with Crippen LogP contribution in [0.3, 0.4) is 0 Å². The fourth-order valence-corrected chi connectivity index (χ4v) is 2.21. The molecule has 0 atom stereocenters. The molecule has 0 aliphatic heterocycles. The molecular formula is C15H16BrNO3. The standard InChI is InChI=1S/C15H16BrNO3/c1-19-12-4-6-14(18)10(7-12)9-17-11-3-5-13(16)15(8-11)20-2/h3-8,17-18H,9H2,1-2H3. The van der Waals surface area contributed by atoms with Crippen LogP contribution in [-0.2, 0) is 6.54 Å². The third-order valence-electron chi connectivity index (χ3n) is 2.92. The molecule has 0 bridgehead atoms. The van der Waals surface area contributed by atoms with Crippen molar-refractivity contribution in [3.05, 3.63) is 46.4 Å². The van der Waals surface area contributed by atoms with Gasteiger partial charge in [-0.05, 0) is 46.3 Å². The highest BCUT2D eigenvalue weighted by Gasteiger charge is 2.05. The Hall–Kier alpha value is -1.88. The van der Waals surface area contributed by atoms with Crippen molar-refractivity contribution in [3.8, 4) is 17.2 Å². The van der Waals surface area contributed by atoms with Gasteiger partial charge in [-0.3, -0.25) is 0 Å². The van der Waals surface area contributed by atoms with Gasteiger partial charge in [-0.2, -0.15) is 0 Å². The predicted octanol–water partition coefficient (Wildman–Crippen LogP) is 3.78. The molecule has 2 aromatic carbocycles. The van der Waals surface area contributed by atoms with E-state index >= 15 is 0 Å². The molecule has 0 aromatic heterocycles. The number of rotatable bonds is 5. The van der Waals surface area contributed by atoms with Crippen molar-refractivity contribution >= 4 is 21.6 Å². The quantitative estimate of drug-likeness (QED) is 0.871. The first-order valence-corrected chi connectivity index (χ1v) is 6.86. The molecule has 5 heteroatoms. The fraction of sp³-hybridized carbons (Fsp3) is 0.200. The number of methoxy groups -OCH3 is 2. The SMILES string of the molecule is COc1ccc(O)c(CNc2ccc(Br)c(OC)c2)c1. The molecule has 0 aliphatic rings. The predicted molar refractivity (Wildman–Crippen MR) is 82.7 cm³/mol. The van der Waals surface area contributed by atoms with Crippen LogP contribution in [0.4, 0.5) is 5.69 Å². The maximum Gasteiger partial charge on any atom is 0.135 e. The molecule has 0 fully saturated rings. The second-order valence-corrected chi connectivity index (χ2v) is 5.05. The summed E-state index contributed by atoms with van der Waals surface area (Å²) < 4.78 is 11.3. The Morgan fingerprint density at radius 2 is 1.90 bits per heavy atom. The lowest BCUT2D eigenvalue weighted by Crippen LogP contribution is -2.00. The summed E-state index contributed by atoms with van der Waals surface area (Å²) in [6.07, 6.45) is 0. The summed E-state index contributed by atoms with van der Waals surface area (Å²) in [6, 6.07) is 10.9. The van der Waals surface area contributed by atoms with Gasteiger partial charge in [0.25, 0.3) is 0 Å². The van der Waals surface area contributed by atoms with E-state index in [0.29, 0.717) is 12.3 Å². The van der Waals surface area contributed by atoms with Gasteiger partial charge >= 0.3 is 0 Å². The largest absolute Gasteiger partial charge is 0.508 e. The van der Waals surface area contributed by atoms with Gasteiger partial charge in [-0.25, -0.2) is 0 Å².